The number of aliphatic hydroxyl groups excluding tert-OH is 1. The molecular weight excluding hydrogens is 418 g/mol. The summed E-state index contributed by atoms with van der Waals surface area (Å²) < 4.78 is 8.65. The predicted molar refractivity (Wildman–Crippen MR) is 125 cm³/mol. The number of pyridine rings is 1. The number of rotatable bonds is 4. The fourth-order valence-corrected chi connectivity index (χ4v) is 4.54. The minimum Gasteiger partial charge on any atom is -0.389 e. The van der Waals surface area contributed by atoms with Crippen molar-refractivity contribution in [1.82, 2.24) is 24.3 Å². The highest BCUT2D eigenvalue weighted by Crippen LogP contribution is 2.26. The zero-order valence-corrected chi connectivity index (χ0v) is 19.0. The van der Waals surface area contributed by atoms with E-state index in [4.69, 9.17) is 4.74 Å². The van der Waals surface area contributed by atoms with E-state index >= 15 is 0 Å². The second kappa shape index (κ2) is 8.53. The lowest BCUT2D eigenvalue weighted by molar-refractivity contribution is -0.0395. The number of aromatic nitrogens is 5. The molecule has 1 aromatic carbocycles. The molecule has 1 fully saturated rings. The van der Waals surface area contributed by atoms with Crippen molar-refractivity contribution in [2.75, 3.05) is 13.2 Å². The first-order chi connectivity index (χ1) is 15.9. The molecule has 0 unspecified atom stereocenters. The Bertz CT molecular complexity index is 1370. The number of aryl methyl sites for hydroxylation is 2. The van der Waals surface area contributed by atoms with Crippen LogP contribution < -0.4 is 5.56 Å². The Morgan fingerprint density at radius 1 is 1.18 bits per heavy atom. The Hall–Kier alpha value is -3.36. The number of benzene rings is 1. The Kier molecular flexibility index (Phi) is 5.55. The van der Waals surface area contributed by atoms with Crippen LogP contribution in [0.15, 0.2) is 47.9 Å². The van der Waals surface area contributed by atoms with Gasteiger partial charge in [-0.2, -0.15) is 5.10 Å². The minimum atomic E-state index is -0.717. The summed E-state index contributed by atoms with van der Waals surface area (Å²) >= 11 is 0. The van der Waals surface area contributed by atoms with Gasteiger partial charge in [0.05, 0.1) is 47.9 Å². The molecule has 8 nitrogen and oxygen atoms in total. The minimum absolute atomic E-state index is 0.125. The lowest BCUT2D eigenvalue weighted by Crippen LogP contribution is -2.39. The van der Waals surface area contributed by atoms with Gasteiger partial charge < -0.3 is 9.84 Å². The average molecular weight is 446 g/mol. The van der Waals surface area contributed by atoms with Crippen LogP contribution in [-0.2, 0) is 18.2 Å². The van der Waals surface area contributed by atoms with E-state index in [-0.39, 0.29) is 18.2 Å². The molecule has 4 heterocycles. The van der Waals surface area contributed by atoms with Crippen LogP contribution in [0, 0.1) is 13.8 Å². The Morgan fingerprint density at radius 3 is 2.73 bits per heavy atom. The van der Waals surface area contributed by atoms with E-state index in [1.807, 2.05) is 38.5 Å². The summed E-state index contributed by atoms with van der Waals surface area (Å²) in [7, 11) is 1.88. The maximum absolute atomic E-state index is 13.4. The van der Waals surface area contributed by atoms with Gasteiger partial charge in [0.2, 0.25) is 0 Å². The molecule has 2 atom stereocenters. The predicted octanol–water partition coefficient (Wildman–Crippen LogP) is 2.72. The van der Waals surface area contributed by atoms with Gasteiger partial charge in [0.15, 0.2) is 0 Å². The highest BCUT2D eigenvalue weighted by atomic mass is 16.5. The van der Waals surface area contributed by atoms with Gasteiger partial charge in [-0.05, 0) is 61.1 Å². The second-order valence-electron chi connectivity index (χ2n) is 8.77. The molecule has 0 spiro atoms. The van der Waals surface area contributed by atoms with E-state index in [2.05, 4.69) is 28.1 Å². The lowest BCUT2D eigenvalue weighted by Gasteiger charge is -2.29. The molecular formula is C25H27N5O3. The highest BCUT2D eigenvalue weighted by molar-refractivity contribution is 5.83. The quantitative estimate of drug-likeness (QED) is 0.519. The van der Waals surface area contributed by atoms with Gasteiger partial charge in [0.25, 0.3) is 5.56 Å². The third-order valence-corrected chi connectivity index (χ3v) is 6.62. The Labute approximate surface area is 191 Å². The molecule has 1 aliphatic rings. The van der Waals surface area contributed by atoms with Crippen LogP contribution in [0.25, 0.3) is 22.2 Å². The van der Waals surface area contributed by atoms with Crippen LogP contribution >= 0.6 is 0 Å². The lowest BCUT2D eigenvalue weighted by atomic mass is 9.95. The van der Waals surface area contributed by atoms with Crippen molar-refractivity contribution < 1.29 is 9.84 Å². The van der Waals surface area contributed by atoms with Gasteiger partial charge in [-0.3, -0.25) is 19.0 Å². The summed E-state index contributed by atoms with van der Waals surface area (Å²) in [5.74, 6) is 0. The molecule has 0 radical (unpaired) electrons. The standard InChI is InChI=1S/C25H27N5O3/c1-15-16(2)24-20(25(32)30(14-27-24)22-6-7-33-13-23(22)31)9-18(15)8-17-4-5-21(26-10-17)19-11-28-29(3)12-19/h4-5,9-12,14,22-23,31H,6-8,13H2,1-3H3/t22-,23-/m0/s1. The topological polar surface area (TPSA) is 95.1 Å². The Morgan fingerprint density at radius 2 is 2.03 bits per heavy atom. The zero-order chi connectivity index (χ0) is 23.1. The number of hydrogen-bond acceptors (Lipinski definition) is 6. The number of nitrogens with zero attached hydrogens (tertiary/aromatic N) is 5. The van der Waals surface area contributed by atoms with E-state index < -0.39 is 6.10 Å². The molecule has 5 rings (SSSR count). The van der Waals surface area contributed by atoms with Crippen LogP contribution in [-0.4, -0.2) is 48.7 Å². The van der Waals surface area contributed by atoms with Crippen LogP contribution in [0.1, 0.15) is 34.7 Å². The third kappa shape index (κ3) is 3.96. The molecule has 0 saturated carbocycles. The van der Waals surface area contributed by atoms with Crippen LogP contribution in [0.4, 0.5) is 0 Å². The molecule has 1 aliphatic heterocycles. The summed E-state index contributed by atoms with van der Waals surface area (Å²) in [6.07, 6.45) is 7.71. The second-order valence-corrected chi connectivity index (χ2v) is 8.77. The van der Waals surface area contributed by atoms with E-state index in [1.54, 1.807) is 21.8 Å². The summed E-state index contributed by atoms with van der Waals surface area (Å²) in [6.45, 7) is 4.82. The SMILES string of the molecule is Cc1c(Cc2ccc(-c3cnn(C)c3)nc2)cc2c(=O)n([C@H]3CCOC[C@@H]3O)cnc2c1C. The Balaban J connectivity index is 1.51. The molecule has 170 valence electrons. The van der Waals surface area contributed by atoms with Crippen molar-refractivity contribution >= 4 is 10.9 Å². The van der Waals surface area contributed by atoms with E-state index in [1.165, 1.54) is 0 Å². The number of hydrogen-bond donors (Lipinski definition) is 1. The zero-order valence-electron chi connectivity index (χ0n) is 19.0. The van der Waals surface area contributed by atoms with Crippen molar-refractivity contribution in [1.29, 1.82) is 0 Å². The van der Waals surface area contributed by atoms with Gasteiger partial charge >= 0.3 is 0 Å². The van der Waals surface area contributed by atoms with E-state index in [0.717, 1.165) is 33.5 Å². The average Bonchev–Trinajstić information content (AvgIpc) is 3.25. The van der Waals surface area contributed by atoms with Crippen LogP contribution in [0.3, 0.4) is 0 Å². The van der Waals surface area contributed by atoms with E-state index in [0.29, 0.717) is 30.4 Å². The molecule has 4 aromatic rings. The summed E-state index contributed by atoms with van der Waals surface area (Å²) in [4.78, 5) is 22.6. The first-order valence-electron chi connectivity index (χ1n) is 11.1. The summed E-state index contributed by atoms with van der Waals surface area (Å²) in [6, 6.07) is 5.69. The smallest absolute Gasteiger partial charge is 0.261 e. The summed E-state index contributed by atoms with van der Waals surface area (Å²) in [5.41, 5.74) is 6.69. The molecule has 0 aliphatic carbocycles. The molecule has 0 amide bonds. The van der Waals surface area contributed by atoms with Crippen LogP contribution in [0.2, 0.25) is 0 Å². The highest BCUT2D eigenvalue weighted by Gasteiger charge is 2.27. The fraction of sp³-hybridized carbons (Fsp3) is 0.360. The first kappa shape index (κ1) is 21.5. The summed E-state index contributed by atoms with van der Waals surface area (Å²) in [5, 5.41) is 15.1. The molecule has 1 N–H and O–H groups in total. The van der Waals surface area contributed by atoms with Crippen molar-refractivity contribution in [3.63, 3.8) is 0 Å². The van der Waals surface area contributed by atoms with Gasteiger partial charge in [0, 0.05) is 31.6 Å². The molecule has 8 heteroatoms. The largest absolute Gasteiger partial charge is 0.389 e. The maximum Gasteiger partial charge on any atom is 0.261 e. The monoisotopic (exact) mass is 445 g/mol. The molecule has 3 aromatic heterocycles. The number of ether oxygens (including phenoxy) is 1. The first-order valence-corrected chi connectivity index (χ1v) is 11.1. The number of aliphatic hydroxyl groups is 1. The van der Waals surface area contributed by atoms with Crippen molar-refractivity contribution in [2.45, 2.75) is 38.8 Å². The van der Waals surface area contributed by atoms with Gasteiger partial charge in [-0.15, -0.1) is 0 Å². The molecule has 1 saturated heterocycles. The molecule has 0 bridgehead atoms. The van der Waals surface area contributed by atoms with Gasteiger partial charge in [-0.25, -0.2) is 4.98 Å². The van der Waals surface area contributed by atoms with Gasteiger partial charge in [0.1, 0.15) is 0 Å². The normalized spacial score (nSPS) is 18.7. The van der Waals surface area contributed by atoms with E-state index in [9.17, 15) is 9.90 Å². The van der Waals surface area contributed by atoms with Crippen LogP contribution in [0.5, 0.6) is 0 Å². The van der Waals surface area contributed by atoms with Crippen molar-refractivity contribution in [3.05, 3.63) is 75.7 Å². The molecule has 33 heavy (non-hydrogen) atoms. The van der Waals surface area contributed by atoms with Gasteiger partial charge in [-0.1, -0.05) is 6.07 Å². The fourth-order valence-electron chi connectivity index (χ4n) is 4.54. The third-order valence-electron chi connectivity index (χ3n) is 6.62. The number of fused-ring (bicyclic) bond motifs is 1. The van der Waals surface area contributed by atoms with Crippen molar-refractivity contribution in [2.24, 2.45) is 7.05 Å². The van der Waals surface area contributed by atoms with Crippen molar-refractivity contribution in [3.8, 4) is 11.3 Å². The maximum atomic E-state index is 13.4.